The van der Waals surface area contributed by atoms with Gasteiger partial charge in [0.15, 0.2) is 5.43 Å². The highest BCUT2D eigenvalue weighted by Crippen LogP contribution is 2.24. The van der Waals surface area contributed by atoms with Gasteiger partial charge in [-0.05, 0) is 36.8 Å². The molecule has 0 aliphatic carbocycles. The number of esters is 1. The van der Waals surface area contributed by atoms with Crippen molar-refractivity contribution in [3.8, 4) is 22.6 Å². The highest BCUT2D eigenvalue weighted by atomic mass is 16.5. The van der Waals surface area contributed by atoms with Crippen LogP contribution in [0.3, 0.4) is 0 Å². The SMILES string of the molecule is C=C(C)C(=O)Oc1ccc2c(=O)c(-c3ccc(OC)cc3)coc2c1. The summed E-state index contributed by atoms with van der Waals surface area (Å²) < 4.78 is 15.8. The minimum absolute atomic E-state index is 0.163. The van der Waals surface area contributed by atoms with Crippen molar-refractivity contribution < 1.29 is 18.7 Å². The van der Waals surface area contributed by atoms with E-state index in [4.69, 9.17) is 13.9 Å². The van der Waals surface area contributed by atoms with Gasteiger partial charge in [-0.1, -0.05) is 18.7 Å². The topological polar surface area (TPSA) is 65.7 Å². The first-order valence-corrected chi connectivity index (χ1v) is 7.57. The molecule has 0 atom stereocenters. The summed E-state index contributed by atoms with van der Waals surface area (Å²) in [6, 6.07) is 11.8. The van der Waals surface area contributed by atoms with E-state index in [9.17, 15) is 9.59 Å². The van der Waals surface area contributed by atoms with Crippen LogP contribution in [-0.4, -0.2) is 13.1 Å². The van der Waals surface area contributed by atoms with Crippen LogP contribution in [-0.2, 0) is 4.79 Å². The lowest BCUT2D eigenvalue weighted by Crippen LogP contribution is -2.09. The molecule has 0 saturated carbocycles. The van der Waals surface area contributed by atoms with Crippen molar-refractivity contribution in [3.05, 3.63) is 71.1 Å². The third-order valence-electron chi connectivity index (χ3n) is 3.71. The van der Waals surface area contributed by atoms with Crippen molar-refractivity contribution in [2.45, 2.75) is 6.92 Å². The normalized spacial score (nSPS) is 10.5. The van der Waals surface area contributed by atoms with E-state index in [-0.39, 0.29) is 11.0 Å². The van der Waals surface area contributed by atoms with Crippen LogP contribution in [0, 0.1) is 0 Å². The molecule has 0 aliphatic heterocycles. The third kappa shape index (κ3) is 3.30. The molecule has 0 unspecified atom stereocenters. The van der Waals surface area contributed by atoms with Crippen LogP contribution in [0.2, 0.25) is 0 Å². The first-order chi connectivity index (χ1) is 12.0. The van der Waals surface area contributed by atoms with Crippen LogP contribution in [0.4, 0.5) is 0 Å². The molecule has 1 heterocycles. The first kappa shape index (κ1) is 16.5. The molecule has 2 aromatic carbocycles. The van der Waals surface area contributed by atoms with Gasteiger partial charge >= 0.3 is 5.97 Å². The van der Waals surface area contributed by atoms with Crippen LogP contribution in [0.5, 0.6) is 11.5 Å². The van der Waals surface area contributed by atoms with Gasteiger partial charge in [-0.3, -0.25) is 4.79 Å². The third-order valence-corrected chi connectivity index (χ3v) is 3.71. The van der Waals surface area contributed by atoms with E-state index in [1.54, 1.807) is 50.4 Å². The molecule has 25 heavy (non-hydrogen) atoms. The number of hydrogen-bond donors (Lipinski definition) is 0. The van der Waals surface area contributed by atoms with Crippen molar-refractivity contribution in [1.82, 2.24) is 0 Å². The molecule has 0 fully saturated rings. The fraction of sp³-hybridized carbons (Fsp3) is 0.100. The van der Waals surface area contributed by atoms with Crippen LogP contribution < -0.4 is 14.9 Å². The monoisotopic (exact) mass is 336 g/mol. The molecule has 0 saturated heterocycles. The van der Waals surface area contributed by atoms with Gasteiger partial charge in [-0.25, -0.2) is 4.79 Å². The van der Waals surface area contributed by atoms with E-state index in [1.807, 2.05) is 0 Å². The highest BCUT2D eigenvalue weighted by Gasteiger charge is 2.12. The van der Waals surface area contributed by atoms with Crippen LogP contribution in [0.1, 0.15) is 6.92 Å². The molecule has 0 aliphatic rings. The fourth-order valence-corrected chi connectivity index (χ4v) is 2.34. The highest BCUT2D eigenvalue weighted by molar-refractivity contribution is 5.90. The van der Waals surface area contributed by atoms with E-state index in [1.165, 1.54) is 12.3 Å². The van der Waals surface area contributed by atoms with E-state index in [2.05, 4.69) is 6.58 Å². The Kier molecular flexibility index (Phi) is 4.39. The largest absolute Gasteiger partial charge is 0.497 e. The summed E-state index contributed by atoms with van der Waals surface area (Å²) in [5.74, 6) is 0.468. The lowest BCUT2D eigenvalue weighted by Gasteiger charge is -2.06. The van der Waals surface area contributed by atoms with Crippen molar-refractivity contribution in [1.29, 1.82) is 0 Å². The Morgan fingerprint density at radius 1 is 1.08 bits per heavy atom. The quantitative estimate of drug-likeness (QED) is 0.410. The summed E-state index contributed by atoms with van der Waals surface area (Å²) in [6.45, 7) is 5.09. The number of carbonyl (C=O) groups is 1. The maximum absolute atomic E-state index is 12.7. The second kappa shape index (κ2) is 6.65. The van der Waals surface area contributed by atoms with Crippen LogP contribution >= 0.6 is 0 Å². The Labute approximate surface area is 144 Å². The average molecular weight is 336 g/mol. The van der Waals surface area contributed by atoms with Crippen molar-refractivity contribution in [2.24, 2.45) is 0 Å². The molecule has 1 aromatic heterocycles. The first-order valence-electron chi connectivity index (χ1n) is 7.57. The summed E-state index contributed by atoms with van der Waals surface area (Å²) in [5.41, 5.74) is 1.64. The lowest BCUT2D eigenvalue weighted by molar-refractivity contribution is -0.130. The van der Waals surface area contributed by atoms with Crippen molar-refractivity contribution in [2.75, 3.05) is 7.11 Å². The number of ether oxygens (including phenoxy) is 2. The van der Waals surface area contributed by atoms with Gasteiger partial charge in [0.25, 0.3) is 0 Å². The second-order valence-corrected chi connectivity index (χ2v) is 5.53. The number of carbonyl (C=O) groups excluding carboxylic acids is 1. The molecular formula is C20H16O5. The minimum Gasteiger partial charge on any atom is -0.497 e. The maximum Gasteiger partial charge on any atom is 0.338 e. The van der Waals surface area contributed by atoms with Gasteiger partial charge in [-0.15, -0.1) is 0 Å². The Hall–Kier alpha value is -3.34. The molecule has 5 heteroatoms. The smallest absolute Gasteiger partial charge is 0.338 e. The van der Waals surface area contributed by atoms with E-state index in [0.29, 0.717) is 28.0 Å². The zero-order valence-electron chi connectivity index (χ0n) is 13.9. The second-order valence-electron chi connectivity index (χ2n) is 5.53. The molecular weight excluding hydrogens is 320 g/mol. The standard InChI is InChI=1S/C20H16O5/c1-12(2)20(22)25-15-8-9-16-18(10-15)24-11-17(19(16)21)13-4-6-14(23-3)7-5-13/h4-11H,1H2,2-3H3. The number of fused-ring (bicyclic) bond motifs is 1. The van der Waals surface area contributed by atoms with Crippen molar-refractivity contribution >= 4 is 16.9 Å². The molecule has 0 bridgehead atoms. The van der Waals surface area contributed by atoms with Gasteiger partial charge in [0.2, 0.25) is 0 Å². The molecule has 3 aromatic rings. The zero-order valence-corrected chi connectivity index (χ0v) is 13.9. The fourth-order valence-electron chi connectivity index (χ4n) is 2.34. The van der Waals surface area contributed by atoms with E-state index < -0.39 is 5.97 Å². The Morgan fingerprint density at radius 2 is 1.76 bits per heavy atom. The molecule has 3 rings (SSSR count). The maximum atomic E-state index is 12.7. The summed E-state index contributed by atoms with van der Waals surface area (Å²) in [4.78, 5) is 24.3. The lowest BCUT2D eigenvalue weighted by atomic mass is 10.1. The molecule has 0 N–H and O–H groups in total. The Bertz CT molecular complexity index is 1010. The molecule has 0 amide bonds. The zero-order chi connectivity index (χ0) is 18.0. The Morgan fingerprint density at radius 3 is 2.40 bits per heavy atom. The number of benzene rings is 2. The van der Waals surface area contributed by atoms with Gasteiger partial charge < -0.3 is 13.9 Å². The molecule has 0 radical (unpaired) electrons. The molecule has 0 spiro atoms. The van der Waals surface area contributed by atoms with Crippen molar-refractivity contribution in [3.63, 3.8) is 0 Å². The van der Waals surface area contributed by atoms with Crippen LogP contribution in [0.15, 0.2) is 70.1 Å². The van der Waals surface area contributed by atoms with E-state index in [0.717, 1.165) is 5.56 Å². The Balaban J connectivity index is 2.01. The minimum atomic E-state index is -0.531. The predicted octanol–water partition coefficient (Wildman–Crippen LogP) is 3.95. The summed E-state index contributed by atoms with van der Waals surface area (Å²) in [5, 5.41) is 0.406. The number of methoxy groups -OCH3 is 1. The molecule has 5 nitrogen and oxygen atoms in total. The number of hydrogen-bond acceptors (Lipinski definition) is 5. The average Bonchev–Trinajstić information content (AvgIpc) is 2.62. The summed E-state index contributed by atoms with van der Waals surface area (Å²) >= 11 is 0. The van der Waals surface area contributed by atoms with Crippen LogP contribution in [0.25, 0.3) is 22.1 Å². The van der Waals surface area contributed by atoms with E-state index >= 15 is 0 Å². The predicted molar refractivity (Wildman–Crippen MR) is 94.9 cm³/mol. The molecule has 126 valence electrons. The summed E-state index contributed by atoms with van der Waals surface area (Å²) in [7, 11) is 1.58. The number of rotatable bonds is 4. The van der Waals surface area contributed by atoms with Gasteiger partial charge in [-0.2, -0.15) is 0 Å². The van der Waals surface area contributed by atoms with Gasteiger partial charge in [0.1, 0.15) is 23.3 Å². The van der Waals surface area contributed by atoms with Gasteiger partial charge in [0, 0.05) is 11.6 Å². The van der Waals surface area contributed by atoms with Gasteiger partial charge in [0.05, 0.1) is 18.1 Å². The summed E-state index contributed by atoms with van der Waals surface area (Å²) in [6.07, 6.45) is 1.40.